The Hall–Kier alpha value is -2.00. The summed E-state index contributed by atoms with van der Waals surface area (Å²) in [5.41, 5.74) is 4.99. The molecule has 0 bridgehead atoms. The van der Waals surface area contributed by atoms with Crippen LogP contribution in [0.15, 0.2) is 42.5 Å². The molecule has 1 saturated heterocycles. The predicted molar refractivity (Wildman–Crippen MR) is 114 cm³/mol. The second kappa shape index (κ2) is 8.35. The first-order chi connectivity index (χ1) is 12.9. The standard InChI is InChI=1S/C23H29ClN2O/c1-16(2)22(19-8-10-20(24)11-9-19)23(27)26-14-12-25(13-15-26)21-7-5-6-17(3)18(21)4/h5-11,16,22H,12-15H2,1-4H3/t22-/m0/s1. The van der Waals surface area contributed by atoms with Gasteiger partial charge in [0.1, 0.15) is 0 Å². The number of halogens is 1. The first-order valence-corrected chi connectivity index (χ1v) is 10.1. The maximum atomic E-state index is 13.3. The first kappa shape index (κ1) is 19.8. The number of piperazine rings is 1. The van der Waals surface area contributed by atoms with Gasteiger partial charge in [0.05, 0.1) is 5.92 Å². The summed E-state index contributed by atoms with van der Waals surface area (Å²) in [5.74, 6) is 0.359. The second-order valence-corrected chi connectivity index (χ2v) is 8.24. The van der Waals surface area contributed by atoms with Gasteiger partial charge in [0, 0.05) is 36.9 Å². The summed E-state index contributed by atoms with van der Waals surface area (Å²) < 4.78 is 0. The van der Waals surface area contributed by atoms with Gasteiger partial charge in [0.15, 0.2) is 0 Å². The van der Waals surface area contributed by atoms with Gasteiger partial charge in [-0.05, 0) is 54.7 Å². The van der Waals surface area contributed by atoms with Gasteiger partial charge in [0.25, 0.3) is 0 Å². The van der Waals surface area contributed by atoms with Crippen molar-refractivity contribution in [3.05, 3.63) is 64.2 Å². The van der Waals surface area contributed by atoms with Crippen LogP contribution >= 0.6 is 11.6 Å². The molecule has 1 aliphatic heterocycles. The molecule has 0 unspecified atom stereocenters. The summed E-state index contributed by atoms with van der Waals surface area (Å²) in [4.78, 5) is 17.7. The van der Waals surface area contributed by atoms with Crippen molar-refractivity contribution in [2.24, 2.45) is 5.92 Å². The molecule has 0 saturated carbocycles. The Morgan fingerprint density at radius 1 is 0.963 bits per heavy atom. The van der Waals surface area contributed by atoms with Gasteiger partial charge in [0.2, 0.25) is 5.91 Å². The summed E-state index contributed by atoms with van der Waals surface area (Å²) in [6.07, 6.45) is 0. The Balaban J connectivity index is 1.71. The number of hydrogen-bond donors (Lipinski definition) is 0. The Labute approximate surface area is 167 Å². The molecule has 4 heteroatoms. The molecule has 1 aliphatic rings. The van der Waals surface area contributed by atoms with Gasteiger partial charge in [-0.3, -0.25) is 4.79 Å². The fourth-order valence-electron chi connectivity index (χ4n) is 3.93. The van der Waals surface area contributed by atoms with E-state index in [1.54, 1.807) is 0 Å². The van der Waals surface area contributed by atoms with Gasteiger partial charge in [-0.1, -0.05) is 49.7 Å². The number of nitrogens with zero attached hydrogens (tertiary/aromatic N) is 2. The van der Waals surface area contributed by atoms with E-state index in [0.717, 1.165) is 31.7 Å². The third-order valence-electron chi connectivity index (χ3n) is 5.67. The molecular formula is C23H29ClN2O. The van der Waals surface area contributed by atoms with Crippen LogP contribution in [-0.4, -0.2) is 37.0 Å². The molecule has 1 atom stereocenters. The minimum atomic E-state index is -0.116. The van der Waals surface area contributed by atoms with Crippen LogP contribution in [0, 0.1) is 19.8 Å². The SMILES string of the molecule is Cc1cccc(N2CCN(C(=O)[C@H](c3ccc(Cl)cc3)C(C)C)CC2)c1C. The zero-order valence-corrected chi connectivity index (χ0v) is 17.5. The first-order valence-electron chi connectivity index (χ1n) is 9.74. The fraction of sp³-hybridized carbons (Fsp3) is 0.435. The van der Waals surface area contributed by atoms with Crippen LogP contribution in [0.3, 0.4) is 0 Å². The van der Waals surface area contributed by atoms with Crippen LogP contribution in [0.25, 0.3) is 0 Å². The Morgan fingerprint density at radius 2 is 1.59 bits per heavy atom. The highest BCUT2D eigenvalue weighted by molar-refractivity contribution is 6.30. The van der Waals surface area contributed by atoms with Gasteiger partial charge in [-0.2, -0.15) is 0 Å². The van der Waals surface area contributed by atoms with E-state index in [0.29, 0.717) is 5.02 Å². The highest BCUT2D eigenvalue weighted by atomic mass is 35.5. The van der Waals surface area contributed by atoms with Crippen molar-refractivity contribution in [1.29, 1.82) is 0 Å². The van der Waals surface area contributed by atoms with Crippen molar-refractivity contribution in [3.8, 4) is 0 Å². The van der Waals surface area contributed by atoms with Gasteiger partial charge < -0.3 is 9.80 Å². The smallest absolute Gasteiger partial charge is 0.230 e. The predicted octanol–water partition coefficient (Wildman–Crippen LogP) is 5.05. The van der Waals surface area contributed by atoms with Crippen molar-refractivity contribution in [2.75, 3.05) is 31.1 Å². The largest absolute Gasteiger partial charge is 0.368 e. The molecule has 3 rings (SSSR count). The molecule has 0 N–H and O–H groups in total. The topological polar surface area (TPSA) is 23.6 Å². The van der Waals surface area contributed by atoms with Gasteiger partial charge in [-0.25, -0.2) is 0 Å². The van der Waals surface area contributed by atoms with Crippen molar-refractivity contribution >= 4 is 23.2 Å². The van der Waals surface area contributed by atoms with Crippen LogP contribution in [0.1, 0.15) is 36.5 Å². The average Bonchev–Trinajstić information content (AvgIpc) is 2.65. The number of aryl methyl sites for hydroxylation is 1. The van der Waals surface area contributed by atoms with Crippen LogP contribution in [0.5, 0.6) is 0 Å². The van der Waals surface area contributed by atoms with Crippen molar-refractivity contribution < 1.29 is 4.79 Å². The third kappa shape index (κ3) is 4.30. The maximum Gasteiger partial charge on any atom is 0.230 e. The van der Waals surface area contributed by atoms with Crippen LogP contribution in [0.2, 0.25) is 5.02 Å². The minimum absolute atomic E-state index is 0.116. The quantitative estimate of drug-likeness (QED) is 0.736. The van der Waals surface area contributed by atoms with E-state index in [1.807, 2.05) is 29.2 Å². The van der Waals surface area contributed by atoms with Gasteiger partial charge in [-0.15, -0.1) is 0 Å². The maximum absolute atomic E-state index is 13.3. The minimum Gasteiger partial charge on any atom is -0.368 e. The van der Waals surface area contributed by atoms with Crippen molar-refractivity contribution in [2.45, 2.75) is 33.6 Å². The average molecular weight is 385 g/mol. The number of benzene rings is 2. The Bertz CT molecular complexity index is 793. The monoisotopic (exact) mass is 384 g/mol. The van der Waals surface area contributed by atoms with Crippen LogP contribution in [-0.2, 0) is 4.79 Å². The number of hydrogen-bond acceptors (Lipinski definition) is 2. The molecule has 0 spiro atoms. The number of carbonyl (C=O) groups excluding carboxylic acids is 1. The highest BCUT2D eigenvalue weighted by Gasteiger charge is 2.31. The molecule has 0 aromatic heterocycles. The normalized spacial score (nSPS) is 15.9. The Kier molecular flexibility index (Phi) is 6.11. The zero-order valence-electron chi connectivity index (χ0n) is 16.7. The van der Waals surface area contributed by atoms with E-state index in [2.05, 4.69) is 50.8 Å². The number of anilines is 1. The van der Waals surface area contributed by atoms with E-state index in [9.17, 15) is 4.79 Å². The summed E-state index contributed by atoms with van der Waals surface area (Å²) in [7, 11) is 0. The van der Waals surface area contributed by atoms with E-state index >= 15 is 0 Å². The van der Waals surface area contributed by atoms with E-state index in [-0.39, 0.29) is 17.7 Å². The summed E-state index contributed by atoms with van der Waals surface area (Å²) in [6, 6.07) is 14.2. The number of carbonyl (C=O) groups is 1. The number of amides is 1. The van der Waals surface area contributed by atoms with Crippen molar-refractivity contribution in [1.82, 2.24) is 4.90 Å². The second-order valence-electron chi connectivity index (χ2n) is 7.80. The molecule has 0 aliphatic carbocycles. The van der Waals surface area contributed by atoms with Crippen molar-refractivity contribution in [3.63, 3.8) is 0 Å². The molecule has 1 amide bonds. The lowest BCUT2D eigenvalue weighted by molar-refractivity contribution is -0.134. The fourth-order valence-corrected chi connectivity index (χ4v) is 4.05. The molecule has 144 valence electrons. The molecule has 3 nitrogen and oxygen atoms in total. The highest BCUT2D eigenvalue weighted by Crippen LogP contribution is 2.29. The summed E-state index contributed by atoms with van der Waals surface area (Å²) >= 11 is 6.02. The lowest BCUT2D eigenvalue weighted by Gasteiger charge is -2.39. The molecule has 0 radical (unpaired) electrons. The lowest BCUT2D eigenvalue weighted by Crippen LogP contribution is -2.50. The molecule has 1 fully saturated rings. The summed E-state index contributed by atoms with van der Waals surface area (Å²) in [5, 5.41) is 0.704. The molecule has 27 heavy (non-hydrogen) atoms. The number of rotatable bonds is 4. The zero-order chi connectivity index (χ0) is 19.6. The van der Waals surface area contributed by atoms with Gasteiger partial charge >= 0.3 is 0 Å². The van der Waals surface area contributed by atoms with Crippen LogP contribution < -0.4 is 4.90 Å². The third-order valence-corrected chi connectivity index (χ3v) is 5.92. The van der Waals surface area contributed by atoms with E-state index in [1.165, 1.54) is 16.8 Å². The molecular weight excluding hydrogens is 356 g/mol. The lowest BCUT2D eigenvalue weighted by atomic mass is 9.87. The molecule has 2 aromatic carbocycles. The van der Waals surface area contributed by atoms with E-state index < -0.39 is 0 Å². The Morgan fingerprint density at radius 3 is 2.19 bits per heavy atom. The summed E-state index contributed by atoms with van der Waals surface area (Å²) in [6.45, 7) is 11.8. The molecule has 2 aromatic rings. The van der Waals surface area contributed by atoms with Crippen LogP contribution in [0.4, 0.5) is 5.69 Å². The molecule has 1 heterocycles. The van der Waals surface area contributed by atoms with E-state index in [4.69, 9.17) is 11.6 Å².